The van der Waals surface area contributed by atoms with E-state index in [1.54, 1.807) is 0 Å². The lowest BCUT2D eigenvalue weighted by molar-refractivity contribution is -0.138. The Balaban J connectivity index is 3.21. The van der Waals surface area contributed by atoms with Gasteiger partial charge in [0.2, 0.25) is 0 Å². The summed E-state index contributed by atoms with van der Waals surface area (Å²) in [6.07, 6.45) is 11.9. The lowest BCUT2D eigenvalue weighted by Gasteiger charge is -2.07. The smallest absolute Gasteiger partial charge is 0.407 e. The van der Waals surface area contributed by atoms with Crippen molar-refractivity contribution in [2.24, 2.45) is 0 Å². The van der Waals surface area contributed by atoms with Crippen molar-refractivity contribution in [3.63, 3.8) is 0 Å². The molecule has 22 heavy (non-hydrogen) atoms. The zero-order valence-electron chi connectivity index (χ0n) is 13.9. The molecular formula is C17H31NO4. The summed E-state index contributed by atoms with van der Waals surface area (Å²) in [5, 5.41) is 2.68. The highest BCUT2D eigenvalue weighted by Crippen LogP contribution is 2.09. The van der Waals surface area contributed by atoms with Gasteiger partial charge in [0.05, 0.1) is 0 Å². The van der Waals surface area contributed by atoms with Crippen molar-refractivity contribution < 1.29 is 19.1 Å². The van der Waals surface area contributed by atoms with Crippen LogP contribution in [0, 0.1) is 0 Å². The van der Waals surface area contributed by atoms with E-state index in [2.05, 4.69) is 23.6 Å². The van der Waals surface area contributed by atoms with Crippen molar-refractivity contribution in [3.05, 3.63) is 12.7 Å². The van der Waals surface area contributed by atoms with Gasteiger partial charge in [0.15, 0.2) is 0 Å². The first-order valence-electron chi connectivity index (χ1n) is 8.40. The molecule has 0 aromatic rings. The topological polar surface area (TPSA) is 64.6 Å². The molecule has 0 aliphatic carbocycles. The molecule has 0 aliphatic heterocycles. The third-order valence-electron chi connectivity index (χ3n) is 3.28. The Morgan fingerprint density at radius 3 is 2.05 bits per heavy atom. The van der Waals surface area contributed by atoms with Crippen molar-refractivity contribution in [2.75, 3.05) is 19.8 Å². The molecule has 0 spiro atoms. The van der Waals surface area contributed by atoms with E-state index in [1.807, 2.05) is 0 Å². The Morgan fingerprint density at radius 2 is 1.45 bits per heavy atom. The summed E-state index contributed by atoms with van der Waals surface area (Å²) in [4.78, 5) is 22.0. The molecule has 0 atom stereocenters. The van der Waals surface area contributed by atoms with Crippen LogP contribution in [-0.2, 0) is 14.3 Å². The Morgan fingerprint density at radius 1 is 0.909 bits per heavy atom. The number of unbranched alkanes of at least 4 members (excludes halogenated alkanes) is 8. The lowest BCUT2D eigenvalue weighted by atomic mass is 10.1. The van der Waals surface area contributed by atoms with Gasteiger partial charge in [0, 0.05) is 12.6 Å². The normalized spacial score (nSPS) is 10.0. The number of hydrogen-bond donors (Lipinski definition) is 1. The van der Waals surface area contributed by atoms with Gasteiger partial charge < -0.3 is 14.8 Å². The Kier molecular flexibility index (Phi) is 14.8. The zero-order valence-corrected chi connectivity index (χ0v) is 13.9. The second-order valence-corrected chi connectivity index (χ2v) is 5.26. The van der Waals surface area contributed by atoms with Crippen molar-refractivity contribution >= 4 is 12.1 Å². The maximum atomic E-state index is 11.3. The number of ether oxygens (including phenoxy) is 2. The molecule has 0 aromatic heterocycles. The van der Waals surface area contributed by atoms with Crippen LogP contribution < -0.4 is 5.32 Å². The summed E-state index contributed by atoms with van der Waals surface area (Å²) in [5.41, 5.74) is 0. The average molecular weight is 313 g/mol. The van der Waals surface area contributed by atoms with Gasteiger partial charge in [0.25, 0.3) is 0 Å². The predicted octanol–water partition coefficient (Wildman–Crippen LogP) is 3.97. The minimum atomic E-state index is -0.515. The van der Waals surface area contributed by atoms with Gasteiger partial charge in [-0.2, -0.15) is 0 Å². The largest absolute Gasteiger partial charge is 0.459 e. The van der Waals surface area contributed by atoms with Crippen LogP contribution in [0.2, 0.25) is 0 Å². The number of amides is 1. The minimum Gasteiger partial charge on any atom is -0.459 e. The number of carbonyl (C=O) groups is 2. The van der Waals surface area contributed by atoms with Gasteiger partial charge in [-0.1, -0.05) is 64.9 Å². The molecule has 0 saturated heterocycles. The predicted molar refractivity (Wildman–Crippen MR) is 87.7 cm³/mol. The van der Waals surface area contributed by atoms with Crippen molar-refractivity contribution in [3.8, 4) is 0 Å². The molecule has 5 heteroatoms. The summed E-state index contributed by atoms with van der Waals surface area (Å²) in [6.45, 7) is 6.23. The van der Waals surface area contributed by atoms with Crippen LogP contribution in [0.4, 0.5) is 4.79 Å². The molecule has 0 rings (SSSR count). The van der Waals surface area contributed by atoms with E-state index in [1.165, 1.54) is 44.9 Å². The molecule has 0 saturated carbocycles. The monoisotopic (exact) mass is 313 g/mol. The van der Waals surface area contributed by atoms with Crippen LogP contribution in [0.15, 0.2) is 12.7 Å². The second kappa shape index (κ2) is 15.9. The van der Waals surface area contributed by atoms with Crippen LogP contribution in [0.1, 0.15) is 64.7 Å². The van der Waals surface area contributed by atoms with E-state index in [-0.39, 0.29) is 13.2 Å². The molecule has 0 fully saturated rings. The fourth-order valence-electron chi connectivity index (χ4n) is 2.01. The third-order valence-corrected chi connectivity index (χ3v) is 3.28. The van der Waals surface area contributed by atoms with Crippen LogP contribution in [0.5, 0.6) is 0 Å². The molecule has 1 N–H and O–H groups in total. The number of nitrogens with one attached hydrogen (secondary N) is 1. The quantitative estimate of drug-likeness (QED) is 0.299. The van der Waals surface area contributed by atoms with E-state index < -0.39 is 12.1 Å². The van der Waals surface area contributed by atoms with E-state index in [0.29, 0.717) is 6.54 Å². The van der Waals surface area contributed by atoms with Gasteiger partial charge >= 0.3 is 12.1 Å². The van der Waals surface area contributed by atoms with Gasteiger partial charge in [-0.3, -0.25) is 0 Å². The maximum absolute atomic E-state index is 11.3. The number of hydrogen-bond acceptors (Lipinski definition) is 4. The Labute approximate surface area is 134 Å². The summed E-state index contributed by atoms with van der Waals surface area (Å²) in [7, 11) is 0. The highest BCUT2D eigenvalue weighted by atomic mass is 16.6. The molecular weight excluding hydrogens is 282 g/mol. The van der Waals surface area contributed by atoms with Gasteiger partial charge in [-0.15, -0.1) is 0 Å². The van der Waals surface area contributed by atoms with E-state index >= 15 is 0 Å². The summed E-state index contributed by atoms with van der Waals surface area (Å²) in [5.74, 6) is -0.515. The molecule has 0 unspecified atom stereocenters. The highest BCUT2D eigenvalue weighted by molar-refractivity contribution is 5.81. The molecule has 0 aromatic carbocycles. The minimum absolute atomic E-state index is 0.0519. The van der Waals surface area contributed by atoms with Crippen molar-refractivity contribution in [1.29, 1.82) is 0 Å². The number of carbonyl (C=O) groups excluding carboxylic acids is 2. The fourth-order valence-corrected chi connectivity index (χ4v) is 2.01. The Hall–Kier alpha value is -1.52. The summed E-state index contributed by atoms with van der Waals surface area (Å²) >= 11 is 0. The Bertz CT molecular complexity index is 305. The molecule has 128 valence electrons. The van der Waals surface area contributed by atoms with Crippen LogP contribution >= 0.6 is 0 Å². The standard InChI is InChI=1S/C17H31NO4/c1-3-5-6-7-8-9-10-11-12-13-18-17(20)22-15-14-21-16(19)4-2/h4H,2-3,5-15H2,1H3,(H,18,20). The molecule has 5 nitrogen and oxygen atoms in total. The molecule has 0 aliphatic rings. The third kappa shape index (κ3) is 14.9. The first kappa shape index (κ1) is 20.5. The number of alkyl carbamates (subject to hydrolysis) is 1. The molecule has 0 bridgehead atoms. The first-order chi connectivity index (χ1) is 10.7. The number of rotatable bonds is 14. The van der Waals surface area contributed by atoms with E-state index in [9.17, 15) is 9.59 Å². The zero-order chi connectivity index (χ0) is 16.5. The van der Waals surface area contributed by atoms with Gasteiger partial charge in [0.1, 0.15) is 13.2 Å². The van der Waals surface area contributed by atoms with Crippen molar-refractivity contribution in [2.45, 2.75) is 64.7 Å². The molecule has 1 amide bonds. The van der Waals surface area contributed by atoms with Gasteiger partial charge in [-0.25, -0.2) is 9.59 Å². The highest BCUT2D eigenvalue weighted by Gasteiger charge is 2.02. The van der Waals surface area contributed by atoms with E-state index in [0.717, 1.165) is 18.9 Å². The fraction of sp³-hybridized carbons (Fsp3) is 0.765. The first-order valence-corrected chi connectivity index (χ1v) is 8.40. The summed E-state index contributed by atoms with van der Waals surface area (Å²) in [6, 6.07) is 0. The van der Waals surface area contributed by atoms with Crippen molar-refractivity contribution in [1.82, 2.24) is 5.32 Å². The van der Waals surface area contributed by atoms with Crippen LogP contribution in [-0.4, -0.2) is 31.8 Å². The van der Waals surface area contributed by atoms with Gasteiger partial charge in [-0.05, 0) is 6.42 Å². The second-order valence-electron chi connectivity index (χ2n) is 5.26. The van der Waals surface area contributed by atoms with Crippen LogP contribution in [0.3, 0.4) is 0 Å². The maximum Gasteiger partial charge on any atom is 0.407 e. The lowest BCUT2D eigenvalue weighted by Crippen LogP contribution is -2.26. The SMILES string of the molecule is C=CC(=O)OCCOC(=O)NCCCCCCCCCCC. The summed E-state index contributed by atoms with van der Waals surface area (Å²) < 4.78 is 9.54. The van der Waals surface area contributed by atoms with E-state index in [4.69, 9.17) is 4.74 Å². The molecule has 0 radical (unpaired) electrons. The molecule has 0 heterocycles. The number of esters is 1. The van der Waals surface area contributed by atoms with Crippen LogP contribution in [0.25, 0.3) is 0 Å². The average Bonchev–Trinajstić information content (AvgIpc) is 2.53.